The van der Waals surface area contributed by atoms with Crippen LogP contribution in [0.5, 0.6) is 0 Å². The predicted octanol–water partition coefficient (Wildman–Crippen LogP) is 3.28. The summed E-state index contributed by atoms with van der Waals surface area (Å²) in [5.41, 5.74) is 4.81. The summed E-state index contributed by atoms with van der Waals surface area (Å²) in [4.78, 5) is 12.3. The zero-order chi connectivity index (χ0) is 14.5. The fraction of sp³-hybridized carbons (Fsp3) is 0.235. The maximum Gasteiger partial charge on any atom is 0.255 e. The molecule has 104 valence electrons. The van der Waals surface area contributed by atoms with Crippen molar-refractivity contribution in [3.8, 4) is 0 Å². The van der Waals surface area contributed by atoms with Gasteiger partial charge in [-0.25, -0.2) is 0 Å². The molecule has 1 amide bonds. The Hall–Kier alpha value is -2.13. The lowest BCUT2D eigenvalue weighted by Crippen LogP contribution is -2.13. The SMILES string of the molecule is CNCc1ccc(NC(=O)c2cc(C)ccc2C)cc1. The third-order valence-electron chi connectivity index (χ3n) is 3.23. The van der Waals surface area contributed by atoms with Gasteiger partial charge in [0.15, 0.2) is 0 Å². The first-order valence-electron chi connectivity index (χ1n) is 6.72. The van der Waals surface area contributed by atoms with E-state index < -0.39 is 0 Å². The minimum absolute atomic E-state index is 0.0624. The van der Waals surface area contributed by atoms with Crippen molar-refractivity contribution in [3.63, 3.8) is 0 Å². The third-order valence-corrected chi connectivity index (χ3v) is 3.23. The van der Waals surface area contributed by atoms with E-state index in [1.807, 2.05) is 63.4 Å². The van der Waals surface area contributed by atoms with Crippen molar-refractivity contribution in [3.05, 3.63) is 64.7 Å². The molecule has 0 atom stereocenters. The number of anilines is 1. The van der Waals surface area contributed by atoms with Gasteiger partial charge in [0.25, 0.3) is 5.91 Å². The molecule has 0 aliphatic carbocycles. The first-order chi connectivity index (χ1) is 9.60. The minimum atomic E-state index is -0.0624. The highest BCUT2D eigenvalue weighted by molar-refractivity contribution is 6.05. The number of rotatable bonds is 4. The molecular weight excluding hydrogens is 248 g/mol. The Morgan fingerprint density at radius 3 is 2.40 bits per heavy atom. The molecule has 3 nitrogen and oxygen atoms in total. The van der Waals surface area contributed by atoms with Crippen molar-refractivity contribution >= 4 is 11.6 Å². The van der Waals surface area contributed by atoms with Crippen LogP contribution in [0, 0.1) is 13.8 Å². The van der Waals surface area contributed by atoms with Crippen LogP contribution in [0.1, 0.15) is 27.0 Å². The molecule has 0 aliphatic rings. The van der Waals surface area contributed by atoms with Crippen LogP contribution in [0.4, 0.5) is 5.69 Å². The Balaban J connectivity index is 2.13. The van der Waals surface area contributed by atoms with Gasteiger partial charge in [0.2, 0.25) is 0 Å². The molecule has 2 N–H and O–H groups in total. The van der Waals surface area contributed by atoms with E-state index in [2.05, 4.69) is 10.6 Å². The van der Waals surface area contributed by atoms with Crippen LogP contribution in [-0.2, 0) is 6.54 Å². The quantitative estimate of drug-likeness (QED) is 0.893. The molecule has 2 aromatic rings. The molecule has 0 saturated carbocycles. The number of hydrogen-bond donors (Lipinski definition) is 2. The molecule has 0 saturated heterocycles. The molecule has 0 spiro atoms. The van der Waals surface area contributed by atoms with E-state index in [-0.39, 0.29) is 5.91 Å². The first-order valence-corrected chi connectivity index (χ1v) is 6.72. The van der Waals surface area contributed by atoms with E-state index in [1.165, 1.54) is 5.56 Å². The molecule has 0 aliphatic heterocycles. The normalized spacial score (nSPS) is 10.3. The number of benzene rings is 2. The van der Waals surface area contributed by atoms with E-state index in [0.717, 1.165) is 28.9 Å². The number of amides is 1. The lowest BCUT2D eigenvalue weighted by atomic mass is 10.0. The van der Waals surface area contributed by atoms with Gasteiger partial charge in [-0.1, -0.05) is 29.8 Å². The van der Waals surface area contributed by atoms with Crippen molar-refractivity contribution < 1.29 is 4.79 Å². The molecule has 20 heavy (non-hydrogen) atoms. The monoisotopic (exact) mass is 268 g/mol. The predicted molar refractivity (Wildman–Crippen MR) is 83.1 cm³/mol. The van der Waals surface area contributed by atoms with E-state index in [1.54, 1.807) is 0 Å². The molecule has 0 fully saturated rings. The summed E-state index contributed by atoms with van der Waals surface area (Å²) >= 11 is 0. The van der Waals surface area contributed by atoms with Gasteiger partial charge in [-0.15, -0.1) is 0 Å². The van der Waals surface area contributed by atoms with Crippen LogP contribution < -0.4 is 10.6 Å². The summed E-state index contributed by atoms with van der Waals surface area (Å²) in [6.07, 6.45) is 0. The maximum absolute atomic E-state index is 12.3. The Morgan fingerprint density at radius 2 is 1.75 bits per heavy atom. The highest BCUT2D eigenvalue weighted by Gasteiger charge is 2.09. The van der Waals surface area contributed by atoms with Gasteiger partial charge in [0.1, 0.15) is 0 Å². The fourth-order valence-electron chi connectivity index (χ4n) is 2.09. The summed E-state index contributed by atoms with van der Waals surface area (Å²) in [7, 11) is 1.91. The van der Waals surface area contributed by atoms with Crippen molar-refractivity contribution in [2.75, 3.05) is 12.4 Å². The van der Waals surface area contributed by atoms with Crippen LogP contribution in [0.3, 0.4) is 0 Å². The second kappa shape index (κ2) is 6.35. The summed E-state index contributed by atoms with van der Waals surface area (Å²) in [5.74, 6) is -0.0624. The van der Waals surface area contributed by atoms with Gasteiger partial charge in [-0.2, -0.15) is 0 Å². The standard InChI is InChI=1S/C17H20N2O/c1-12-4-5-13(2)16(10-12)17(20)19-15-8-6-14(7-9-15)11-18-3/h4-10,18H,11H2,1-3H3,(H,19,20). The number of aryl methyl sites for hydroxylation is 2. The second-order valence-corrected chi connectivity index (χ2v) is 5.00. The molecule has 0 aromatic heterocycles. The molecule has 0 unspecified atom stereocenters. The lowest BCUT2D eigenvalue weighted by molar-refractivity contribution is 0.102. The number of carbonyl (C=O) groups excluding carboxylic acids is 1. The van der Waals surface area contributed by atoms with E-state index in [4.69, 9.17) is 0 Å². The average Bonchev–Trinajstić information content (AvgIpc) is 2.44. The van der Waals surface area contributed by atoms with Crippen molar-refractivity contribution in [2.45, 2.75) is 20.4 Å². The van der Waals surface area contributed by atoms with Gasteiger partial charge in [-0.05, 0) is 50.2 Å². The zero-order valence-electron chi connectivity index (χ0n) is 12.2. The Bertz CT molecular complexity index is 603. The van der Waals surface area contributed by atoms with Crippen LogP contribution in [0.25, 0.3) is 0 Å². The Morgan fingerprint density at radius 1 is 1.05 bits per heavy atom. The Kier molecular flexibility index (Phi) is 4.53. The number of nitrogens with one attached hydrogen (secondary N) is 2. The van der Waals surface area contributed by atoms with Crippen LogP contribution in [0.15, 0.2) is 42.5 Å². The second-order valence-electron chi connectivity index (χ2n) is 5.00. The third kappa shape index (κ3) is 3.45. The molecular formula is C17H20N2O. The lowest BCUT2D eigenvalue weighted by Gasteiger charge is -2.09. The van der Waals surface area contributed by atoms with Crippen LogP contribution in [0.2, 0.25) is 0 Å². The van der Waals surface area contributed by atoms with Crippen molar-refractivity contribution in [1.82, 2.24) is 5.32 Å². The van der Waals surface area contributed by atoms with Gasteiger partial charge < -0.3 is 10.6 Å². The highest BCUT2D eigenvalue weighted by Crippen LogP contribution is 2.15. The molecule has 2 rings (SSSR count). The number of carbonyl (C=O) groups is 1. The molecule has 2 aromatic carbocycles. The molecule has 0 heterocycles. The largest absolute Gasteiger partial charge is 0.322 e. The van der Waals surface area contributed by atoms with Crippen molar-refractivity contribution in [1.29, 1.82) is 0 Å². The van der Waals surface area contributed by atoms with Gasteiger partial charge in [0, 0.05) is 17.8 Å². The van der Waals surface area contributed by atoms with Crippen LogP contribution in [-0.4, -0.2) is 13.0 Å². The van der Waals surface area contributed by atoms with Crippen molar-refractivity contribution in [2.24, 2.45) is 0 Å². The smallest absolute Gasteiger partial charge is 0.255 e. The summed E-state index contributed by atoms with van der Waals surface area (Å²) in [6, 6.07) is 13.8. The fourth-order valence-corrected chi connectivity index (χ4v) is 2.09. The van der Waals surface area contributed by atoms with Gasteiger partial charge in [-0.3, -0.25) is 4.79 Å². The topological polar surface area (TPSA) is 41.1 Å². The molecule has 0 radical (unpaired) electrons. The Labute approximate surface area is 120 Å². The summed E-state index contributed by atoms with van der Waals surface area (Å²) in [6.45, 7) is 4.76. The van der Waals surface area contributed by atoms with E-state index in [0.29, 0.717) is 0 Å². The van der Waals surface area contributed by atoms with E-state index >= 15 is 0 Å². The summed E-state index contributed by atoms with van der Waals surface area (Å²) < 4.78 is 0. The molecule has 0 bridgehead atoms. The molecule has 3 heteroatoms. The van der Waals surface area contributed by atoms with Crippen LogP contribution >= 0.6 is 0 Å². The highest BCUT2D eigenvalue weighted by atomic mass is 16.1. The number of hydrogen-bond acceptors (Lipinski definition) is 2. The maximum atomic E-state index is 12.3. The van der Waals surface area contributed by atoms with Gasteiger partial charge in [0.05, 0.1) is 0 Å². The zero-order valence-corrected chi connectivity index (χ0v) is 12.2. The first kappa shape index (κ1) is 14.3. The summed E-state index contributed by atoms with van der Waals surface area (Å²) in [5, 5.41) is 6.03. The minimum Gasteiger partial charge on any atom is -0.322 e. The van der Waals surface area contributed by atoms with Gasteiger partial charge >= 0.3 is 0 Å². The van der Waals surface area contributed by atoms with E-state index in [9.17, 15) is 4.79 Å². The average molecular weight is 268 g/mol.